The van der Waals surface area contributed by atoms with Crippen molar-refractivity contribution in [3.63, 3.8) is 0 Å². The lowest BCUT2D eigenvalue weighted by Gasteiger charge is -1.68. The smallest absolute Gasteiger partial charge is 0.0564 e. The number of unbranched alkanes of at least 4 members (excludes halogenated alkanes) is 1. The van der Waals surface area contributed by atoms with Gasteiger partial charge in [0.25, 0.3) is 0 Å². The molecule has 0 spiro atoms. The van der Waals surface area contributed by atoms with E-state index in [1.807, 2.05) is 0 Å². The fourth-order valence-corrected chi connectivity index (χ4v) is 0. The van der Waals surface area contributed by atoms with Gasteiger partial charge in [0.05, 0.1) is 0 Å². The van der Waals surface area contributed by atoms with Gasteiger partial charge in [-0.25, -0.2) is 0 Å². The highest BCUT2D eigenvalue weighted by molar-refractivity contribution is 4.12. The molecular formula is C7H21N. The van der Waals surface area contributed by atoms with Crippen LogP contribution in [0.1, 0.15) is 47.0 Å². The van der Waals surface area contributed by atoms with Crippen molar-refractivity contribution in [2.45, 2.75) is 47.0 Å². The van der Waals surface area contributed by atoms with Gasteiger partial charge in [-0.15, -0.1) is 0 Å². The van der Waals surface area contributed by atoms with Gasteiger partial charge in [-0.3, -0.25) is 0 Å². The van der Waals surface area contributed by atoms with Crippen LogP contribution in [0.4, 0.5) is 0 Å². The lowest BCUT2D eigenvalue weighted by atomic mass is 10.4. The average molecular weight is 119 g/mol. The Balaban J connectivity index is -0.0000000575. The zero-order valence-electron chi connectivity index (χ0n) is 6.83. The van der Waals surface area contributed by atoms with E-state index in [0.717, 1.165) is 0 Å². The van der Waals surface area contributed by atoms with Crippen LogP contribution in [0.15, 0.2) is 0 Å². The van der Waals surface area contributed by atoms with E-state index in [0.29, 0.717) is 0 Å². The van der Waals surface area contributed by atoms with E-state index in [4.69, 9.17) is 0 Å². The van der Waals surface area contributed by atoms with Crippen molar-refractivity contribution in [3.8, 4) is 0 Å². The first-order chi connectivity index (χ1) is 3.33. The third-order valence-corrected chi connectivity index (χ3v) is 0.500. The van der Waals surface area contributed by atoms with Gasteiger partial charge in [-0.05, 0) is 0 Å². The molecule has 0 saturated heterocycles. The van der Waals surface area contributed by atoms with Gasteiger partial charge in [0.1, 0.15) is 0 Å². The molecule has 0 bridgehead atoms. The molecule has 0 aromatic heterocycles. The van der Waals surface area contributed by atoms with E-state index in [2.05, 4.69) is 27.7 Å². The molecule has 0 radical (unpaired) electrons. The molecule has 0 atom stereocenters. The molecule has 0 amide bonds. The van der Waals surface area contributed by atoms with Gasteiger partial charge in [-0.2, -0.15) is 0 Å². The summed E-state index contributed by atoms with van der Waals surface area (Å²) in [7, 11) is 0. The van der Waals surface area contributed by atoms with E-state index >= 15 is 0 Å². The van der Waals surface area contributed by atoms with Crippen molar-refractivity contribution < 1.29 is 0 Å². The Labute approximate surface area is 54.1 Å². The van der Waals surface area contributed by atoms with E-state index < -0.39 is 0 Å². The van der Waals surface area contributed by atoms with Crippen LogP contribution in [-0.2, 0) is 0 Å². The summed E-state index contributed by atoms with van der Waals surface area (Å²) in [6.07, 6.45) is 3.89. The van der Waals surface area contributed by atoms with Gasteiger partial charge in [0, 0.05) is 0 Å². The fraction of sp³-hybridized carbons (Fsp3) is 1.00. The molecule has 0 aromatic rings. The summed E-state index contributed by atoms with van der Waals surface area (Å²) in [6, 6.07) is 0. The van der Waals surface area contributed by atoms with Crippen molar-refractivity contribution in [1.82, 2.24) is 6.15 Å². The molecule has 0 aliphatic carbocycles. The predicted octanol–water partition coefficient (Wildman–Crippen LogP) is 3.38. The molecule has 1 nitrogen and oxygen atoms in total. The Kier molecular flexibility index (Phi) is 55.3. The summed E-state index contributed by atoms with van der Waals surface area (Å²) in [5.74, 6) is 0. The number of hydrogen-bond acceptors (Lipinski definition) is 1. The molecular weight excluding hydrogens is 98.1 g/mol. The molecule has 0 unspecified atom stereocenters. The second-order valence-electron chi connectivity index (χ2n) is 1.71. The van der Waals surface area contributed by atoms with Crippen molar-refractivity contribution in [1.29, 1.82) is 0 Å². The minimum absolute atomic E-state index is 0. The molecule has 0 saturated carbocycles. The van der Waals surface area contributed by atoms with Gasteiger partial charge < -0.3 is 6.15 Å². The Bertz CT molecular complexity index is 11.9. The molecule has 54 valence electrons. The molecule has 0 aliphatic heterocycles. The van der Waals surface area contributed by atoms with E-state index in [1.165, 1.54) is 19.3 Å². The summed E-state index contributed by atoms with van der Waals surface area (Å²) in [5.41, 5.74) is 0. The first-order valence-electron chi connectivity index (χ1n) is 3.33. The summed E-state index contributed by atoms with van der Waals surface area (Å²) >= 11 is 0. The maximum Gasteiger partial charge on any atom is -0.0564 e. The van der Waals surface area contributed by atoms with Crippen LogP contribution in [0.2, 0.25) is 0 Å². The maximum absolute atomic E-state index is 2.18. The van der Waals surface area contributed by atoms with Crippen molar-refractivity contribution in [2.75, 3.05) is 0 Å². The van der Waals surface area contributed by atoms with Crippen LogP contribution in [0, 0.1) is 0 Å². The molecule has 3 N–H and O–H groups in total. The molecule has 0 heterocycles. The molecule has 0 aromatic carbocycles. The third-order valence-electron chi connectivity index (χ3n) is 0.500. The van der Waals surface area contributed by atoms with Crippen LogP contribution < -0.4 is 6.15 Å². The Morgan fingerprint density at radius 2 is 0.875 bits per heavy atom. The molecule has 1 heteroatoms. The standard InChI is InChI=1S/C4H10.C3H8.H3N/c1-3-4-2;1-3-2;/h3-4H2,1-2H3;3H2,1-2H3;1H3. The molecule has 0 fully saturated rings. The second-order valence-corrected chi connectivity index (χ2v) is 1.71. The third kappa shape index (κ3) is 159. The van der Waals surface area contributed by atoms with E-state index in [9.17, 15) is 0 Å². The van der Waals surface area contributed by atoms with Crippen LogP contribution in [-0.4, -0.2) is 0 Å². The fourth-order valence-electron chi connectivity index (χ4n) is 0. The lowest BCUT2D eigenvalue weighted by molar-refractivity contribution is 0.886. The average Bonchev–Trinajstić information content (AvgIpc) is 1.69. The second kappa shape index (κ2) is 28.2. The highest BCUT2D eigenvalue weighted by atomic mass is 14.0. The van der Waals surface area contributed by atoms with Crippen LogP contribution in [0.3, 0.4) is 0 Å². The SMILES string of the molecule is CCC.CCCC.N. The Hall–Kier alpha value is -0.0400. The monoisotopic (exact) mass is 119 g/mol. The van der Waals surface area contributed by atoms with Crippen molar-refractivity contribution >= 4 is 0 Å². The van der Waals surface area contributed by atoms with Gasteiger partial charge in [0.15, 0.2) is 0 Å². The topological polar surface area (TPSA) is 35.0 Å². The normalized spacial score (nSPS) is 6.00. The van der Waals surface area contributed by atoms with Crippen LogP contribution in [0.5, 0.6) is 0 Å². The largest absolute Gasteiger partial charge is 0.344 e. The summed E-state index contributed by atoms with van der Waals surface area (Å²) in [5, 5.41) is 0. The predicted molar refractivity (Wildman–Crippen MR) is 41.6 cm³/mol. The van der Waals surface area contributed by atoms with Crippen molar-refractivity contribution in [2.24, 2.45) is 0 Å². The Morgan fingerprint density at radius 3 is 0.875 bits per heavy atom. The first-order valence-corrected chi connectivity index (χ1v) is 3.33. The zero-order valence-corrected chi connectivity index (χ0v) is 6.83. The summed E-state index contributed by atoms with van der Waals surface area (Å²) in [4.78, 5) is 0. The van der Waals surface area contributed by atoms with E-state index in [-0.39, 0.29) is 6.15 Å². The quantitative estimate of drug-likeness (QED) is 0.564. The van der Waals surface area contributed by atoms with Gasteiger partial charge in [-0.1, -0.05) is 47.0 Å². The highest BCUT2D eigenvalue weighted by Crippen LogP contribution is 1.76. The minimum Gasteiger partial charge on any atom is -0.344 e. The van der Waals surface area contributed by atoms with Gasteiger partial charge >= 0.3 is 0 Å². The van der Waals surface area contributed by atoms with Gasteiger partial charge in [0.2, 0.25) is 0 Å². The number of rotatable bonds is 1. The highest BCUT2D eigenvalue weighted by Gasteiger charge is 1.56. The number of hydrogen-bond donors (Lipinski definition) is 1. The van der Waals surface area contributed by atoms with Crippen LogP contribution in [0.25, 0.3) is 0 Å². The van der Waals surface area contributed by atoms with Crippen LogP contribution >= 0.6 is 0 Å². The summed E-state index contributed by atoms with van der Waals surface area (Å²) < 4.78 is 0. The minimum atomic E-state index is 0. The Morgan fingerprint density at radius 1 is 0.750 bits per heavy atom. The maximum atomic E-state index is 2.18. The summed E-state index contributed by atoms with van der Waals surface area (Å²) in [6.45, 7) is 8.61. The molecule has 0 rings (SSSR count). The lowest BCUT2D eigenvalue weighted by Crippen LogP contribution is -1.47. The molecule has 8 heavy (non-hydrogen) atoms. The van der Waals surface area contributed by atoms with E-state index in [1.54, 1.807) is 0 Å². The zero-order chi connectivity index (χ0) is 6.12. The first kappa shape index (κ1) is 15.7. The molecule has 0 aliphatic rings. The van der Waals surface area contributed by atoms with Crippen molar-refractivity contribution in [3.05, 3.63) is 0 Å².